The maximum atomic E-state index is 5.92. The first-order valence-electron chi connectivity index (χ1n) is 5.69. The summed E-state index contributed by atoms with van der Waals surface area (Å²) in [5, 5.41) is 3.33. The average molecular weight is 237 g/mol. The molecule has 1 atom stereocenters. The molecule has 0 amide bonds. The SMILES string of the molecule is COc1ccc(C2NCC(C)(C)O2)c(OC)c1. The summed E-state index contributed by atoms with van der Waals surface area (Å²) in [6.45, 7) is 4.96. The smallest absolute Gasteiger partial charge is 0.138 e. The molecule has 1 saturated heterocycles. The zero-order chi connectivity index (χ0) is 12.5. The Hall–Kier alpha value is -1.26. The lowest BCUT2D eigenvalue weighted by molar-refractivity contribution is -0.0164. The molecular weight excluding hydrogens is 218 g/mol. The molecule has 94 valence electrons. The van der Waals surface area contributed by atoms with Crippen LogP contribution in [0.4, 0.5) is 0 Å². The van der Waals surface area contributed by atoms with E-state index in [2.05, 4.69) is 19.2 Å². The molecule has 4 nitrogen and oxygen atoms in total. The van der Waals surface area contributed by atoms with Gasteiger partial charge in [-0.2, -0.15) is 0 Å². The minimum absolute atomic E-state index is 0.120. The fraction of sp³-hybridized carbons (Fsp3) is 0.538. The van der Waals surface area contributed by atoms with Gasteiger partial charge >= 0.3 is 0 Å². The second kappa shape index (κ2) is 4.55. The monoisotopic (exact) mass is 237 g/mol. The zero-order valence-electron chi connectivity index (χ0n) is 10.7. The third-order valence-corrected chi connectivity index (χ3v) is 2.87. The van der Waals surface area contributed by atoms with Gasteiger partial charge in [0, 0.05) is 18.2 Å². The summed E-state index contributed by atoms with van der Waals surface area (Å²) >= 11 is 0. The lowest BCUT2D eigenvalue weighted by Crippen LogP contribution is -2.23. The highest BCUT2D eigenvalue weighted by Gasteiger charge is 2.33. The maximum Gasteiger partial charge on any atom is 0.138 e. The van der Waals surface area contributed by atoms with Crippen molar-refractivity contribution in [1.29, 1.82) is 0 Å². The summed E-state index contributed by atoms with van der Waals surface area (Å²) in [4.78, 5) is 0. The van der Waals surface area contributed by atoms with Gasteiger partial charge < -0.3 is 14.2 Å². The van der Waals surface area contributed by atoms with E-state index in [9.17, 15) is 0 Å². The van der Waals surface area contributed by atoms with Crippen LogP contribution in [-0.4, -0.2) is 26.4 Å². The minimum atomic E-state index is -0.143. The van der Waals surface area contributed by atoms with Crippen LogP contribution in [-0.2, 0) is 4.74 Å². The van der Waals surface area contributed by atoms with Crippen LogP contribution in [0.3, 0.4) is 0 Å². The molecule has 0 radical (unpaired) electrons. The van der Waals surface area contributed by atoms with Crippen LogP contribution in [0.5, 0.6) is 11.5 Å². The molecule has 1 aliphatic rings. The third-order valence-electron chi connectivity index (χ3n) is 2.87. The Morgan fingerprint density at radius 2 is 2.06 bits per heavy atom. The van der Waals surface area contributed by atoms with Crippen molar-refractivity contribution in [3.8, 4) is 11.5 Å². The van der Waals surface area contributed by atoms with Crippen LogP contribution in [0, 0.1) is 0 Å². The van der Waals surface area contributed by atoms with Gasteiger partial charge in [-0.1, -0.05) is 0 Å². The van der Waals surface area contributed by atoms with Crippen molar-refractivity contribution in [2.24, 2.45) is 0 Å². The number of hydrogen-bond acceptors (Lipinski definition) is 4. The van der Waals surface area contributed by atoms with Crippen LogP contribution < -0.4 is 14.8 Å². The van der Waals surface area contributed by atoms with Crippen molar-refractivity contribution in [2.75, 3.05) is 20.8 Å². The van der Waals surface area contributed by atoms with E-state index in [0.717, 1.165) is 23.6 Å². The first kappa shape index (κ1) is 12.2. The number of hydrogen-bond donors (Lipinski definition) is 1. The summed E-state index contributed by atoms with van der Waals surface area (Å²) in [6.07, 6.45) is -0.120. The summed E-state index contributed by atoms with van der Waals surface area (Å²) in [7, 11) is 3.29. The van der Waals surface area contributed by atoms with Gasteiger partial charge in [-0.05, 0) is 26.0 Å². The Labute approximate surface area is 102 Å². The molecule has 4 heteroatoms. The summed E-state index contributed by atoms with van der Waals surface area (Å²) in [5.74, 6) is 1.56. The van der Waals surface area contributed by atoms with E-state index >= 15 is 0 Å². The highest BCUT2D eigenvalue weighted by atomic mass is 16.5. The van der Waals surface area contributed by atoms with E-state index in [1.165, 1.54) is 0 Å². The number of ether oxygens (including phenoxy) is 3. The molecular formula is C13H19NO3. The summed E-state index contributed by atoms with van der Waals surface area (Å²) in [6, 6.07) is 5.75. The normalized spacial score (nSPS) is 22.5. The first-order chi connectivity index (χ1) is 8.05. The molecule has 0 saturated carbocycles. The first-order valence-corrected chi connectivity index (χ1v) is 5.69. The van der Waals surface area contributed by atoms with E-state index in [1.807, 2.05) is 18.2 Å². The Balaban J connectivity index is 2.26. The molecule has 1 unspecified atom stereocenters. The second-order valence-corrected chi connectivity index (χ2v) is 4.75. The predicted octanol–water partition coefficient (Wildman–Crippen LogP) is 2.10. The topological polar surface area (TPSA) is 39.7 Å². The predicted molar refractivity (Wildman–Crippen MR) is 65.5 cm³/mol. The summed E-state index contributed by atoms with van der Waals surface area (Å²) in [5.41, 5.74) is 0.856. The van der Waals surface area contributed by atoms with Crippen LogP contribution in [0.1, 0.15) is 25.6 Å². The van der Waals surface area contributed by atoms with Crippen LogP contribution in [0.15, 0.2) is 18.2 Å². The van der Waals surface area contributed by atoms with Gasteiger partial charge in [-0.15, -0.1) is 0 Å². The molecule has 2 rings (SSSR count). The van der Waals surface area contributed by atoms with Crippen molar-refractivity contribution < 1.29 is 14.2 Å². The zero-order valence-corrected chi connectivity index (χ0v) is 10.7. The quantitative estimate of drug-likeness (QED) is 0.874. The third kappa shape index (κ3) is 2.53. The van der Waals surface area contributed by atoms with Crippen molar-refractivity contribution in [3.05, 3.63) is 23.8 Å². The van der Waals surface area contributed by atoms with Crippen LogP contribution >= 0.6 is 0 Å². The highest BCUT2D eigenvalue weighted by Crippen LogP contribution is 2.35. The molecule has 1 aliphatic heterocycles. The molecule has 1 fully saturated rings. The molecule has 0 aromatic heterocycles. The van der Waals surface area contributed by atoms with E-state index in [-0.39, 0.29) is 11.8 Å². The van der Waals surface area contributed by atoms with E-state index in [4.69, 9.17) is 14.2 Å². The largest absolute Gasteiger partial charge is 0.497 e. The molecule has 0 bridgehead atoms. The van der Waals surface area contributed by atoms with Crippen molar-refractivity contribution in [2.45, 2.75) is 25.7 Å². The fourth-order valence-corrected chi connectivity index (χ4v) is 1.95. The Bertz CT molecular complexity index is 404. The molecule has 17 heavy (non-hydrogen) atoms. The Morgan fingerprint density at radius 3 is 2.59 bits per heavy atom. The molecule has 1 N–H and O–H groups in total. The van der Waals surface area contributed by atoms with Gasteiger partial charge in [-0.25, -0.2) is 0 Å². The van der Waals surface area contributed by atoms with Gasteiger partial charge in [0.1, 0.15) is 17.7 Å². The highest BCUT2D eigenvalue weighted by molar-refractivity contribution is 5.42. The Morgan fingerprint density at radius 1 is 1.29 bits per heavy atom. The molecule has 0 spiro atoms. The molecule has 1 aromatic carbocycles. The van der Waals surface area contributed by atoms with Gasteiger partial charge in [0.2, 0.25) is 0 Å². The van der Waals surface area contributed by atoms with E-state index < -0.39 is 0 Å². The van der Waals surface area contributed by atoms with Crippen molar-refractivity contribution in [3.63, 3.8) is 0 Å². The summed E-state index contributed by atoms with van der Waals surface area (Å²) < 4.78 is 16.5. The van der Waals surface area contributed by atoms with Gasteiger partial charge in [0.05, 0.1) is 19.8 Å². The number of benzene rings is 1. The van der Waals surface area contributed by atoms with E-state index in [0.29, 0.717) is 0 Å². The average Bonchev–Trinajstić information content (AvgIpc) is 2.68. The molecule has 0 aliphatic carbocycles. The lowest BCUT2D eigenvalue weighted by Gasteiger charge is -2.19. The Kier molecular flexibility index (Phi) is 3.26. The van der Waals surface area contributed by atoms with Gasteiger partial charge in [-0.3, -0.25) is 5.32 Å². The van der Waals surface area contributed by atoms with Crippen LogP contribution in [0.2, 0.25) is 0 Å². The number of nitrogens with one attached hydrogen (secondary N) is 1. The minimum Gasteiger partial charge on any atom is -0.497 e. The van der Waals surface area contributed by atoms with Crippen molar-refractivity contribution >= 4 is 0 Å². The van der Waals surface area contributed by atoms with Gasteiger partial charge in [0.25, 0.3) is 0 Å². The standard InChI is InChI=1S/C13H19NO3/c1-13(2)8-14-12(17-13)10-6-5-9(15-3)7-11(10)16-4/h5-7,12,14H,8H2,1-4H3. The molecule has 1 heterocycles. The van der Waals surface area contributed by atoms with Gasteiger partial charge in [0.15, 0.2) is 0 Å². The van der Waals surface area contributed by atoms with Crippen molar-refractivity contribution in [1.82, 2.24) is 5.32 Å². The van der Waals surface area contributed by atoms with Crippen LogP contribution in [0.25, 0.3) is 0 Å². The second-order valence-electron chi connectivity index (χ2n) is 4.75. The molecule has 1 aromatic rings. The van der Waals surface area contributed by atoms with E-state index in [1.54, 1.807) is 14.2 Å². The lowest BCUT2D eigenvalue weighted by atomic mass is 10.1. The number of rotatable bonds is 3. The maximum absolute atomic E-state index is 5.92. The number of methoxy groups -OCH3 is 2. The fourth-order valence-electron chi connectivity index (χ4n) is 1.95.